The molecule has 30 heavy (non-hydrogen) atoms. The summed E-state index contributed by atoms with van der Waals surface area (Å²) in [6, 6.07) is 0. The first-order valence-electron chi connectivity index (χ1n) is 11.2. The maximum Gasteiger partial charge on any atom is 0.316 e. The second-order valence-corrected chi connectivity index (χ2v) is 7.45. The van der Waals surface area contributed by atoms with E-state index in [1.165, 1.54) is 0 Å². The monoisotopic (exact) mass is 426 g/mol. The highest BCUT2D eigenvalue weighted by Crippen LogP contribution is 2.23. The van der Waals surface area contributed by atoms with Gasteiger partial charge in [0.25, 0.3) is 0 Å². The van der Waals surface area contributed by atoms with E-state index in [0.29, 0.717) is 13.0 Å². The molecule has 0 N–H and O–H groups in total. The Labute approximate surface area is 180 Å². The zero-order valence-electron chi connectivity index (χ0n) is 18.9. The molecule has 1 heterocycles. The Bertz CT molecular complexity index is 552. The van der Waals surface area contributed by atoms with E-state index in [1.807, 2.05) is 19.9 Å². The van der Waals surface area contributed by atoms with Gasteiger partial charge in [0, 0.05) is 6.61 Å². The molecule has 7 heteroatoms. The number of allylic oxidation sites excluding steroid dienone is 2. The summed E-state index contributed by atoms with van der Waals surface area (Å²) in [6.45, 7) is 8.29. The highest BCUT2D eigenvalue weighted by Gasteiger charge is 2.37. The van der Waals surface area contributed by atoms with Crippen molar-refractivity contribution in [1.82, 2.24) is 0 Å². The topological polar surface area (TPSA) is 88.1 Å². The number of carbonyl (C=O) groups is 3. The van der Waals surface area contributed by atoms with Gasteiger partial charge in [-0.3, -0.25) is 14.4 Å². The van der Waals surface area contributed by atoms with Crippen LogP contribution in [0.15, 0.2) is 12.2 Å². The molecule has 1 rings (SSSR count). The SMILES string of the molecule is CC/C=C/CC(C(=O)OCC)C(=O)C(CCC(C)OC1CCCCO1)C(=O)OCC. The van der Waals surface area contributed by atoms with Gasteiger partial charge in [0.05, 0.1) is 19.3 Å². The van der Waals surface area contributed by atoms with Gasteiger partial charge >= 0.3 is 11.9 Å². The van der Waals surface area contributed by atoms with Gasteiger partial charge < -0.3 is 18.9 Å². The van der Waals surface area contributed by atoms with Gasteiger partial charge in [-0.25, -0.2) is 0 Å². The van der Waals surface area contributed by atoms with Crippen molar-refractivity contribution in [3.63, 3.8) is 0 Å². The number of ether oxygens (including phenoxy) is 4. The highest BCUT2D eigenvalue weighted by molar-refractivity contribution is 6.08. The minimum atomic E-state index is -1.02. The van der Waals surface area contributed by atoms with Crippen LogP contribution in [0, 0.1) is 11.8 Å². The van der Waals surface area contributed by atoms with Crippen molar-refractivity contribution in [1.29, 1.82) is 0 Å². The lowest BCUT2D eigenvalue weighted by atomic mass is 9.86. The van der Waals surface area contributed by atoms with E-state index >= 15 is 0 Å². The van der Waals surface area contributed by atoms with Gasteiger partial charge in [-0.1, -0.05) is 19.1 Å². The number of carbonyl (C=O) groups excluding carboxylic acids is 3. The van der Waals surface area contributed by atoms with Gasteiger partial charge in [0.1, 0.15) is 11.8 Å². The molecule has 0 bridgehead atoms. The second-order valence-electron chi connectivity index (χ2n) is 7.45. The Kier molecular flexibility index (Phi) is 13.3. The fourth-order valence-corrected chi connectivity index (χ4v) is 3.38. The van der Waals surface area contributed by atoms with Gasteiger partial charge in [0.15, 0.2) is 12.1 Å². The number of ketones is 1. The predicted molar refractivity (Wildman–Crippen MR) is 113 cm³/mol. The van der Waals surface area contributed by atoms with Crippen molar-refractivity contribution < 1.29 is 33.3 Å². The van der Waals surface area contributed by atoms with Crippen LogP contribution in [0.4, 0.5) is 0 Å². The number of esters is 2. The lowest BCUT2D eigenvalue weighted by molar-refractivity contribution is -0.186. The average molecular weight is 427 g/mol. The predicted octanol–water partition coefficient (Wildman–Crippen LogP) is 3.98. The molecule has 0 aromatic heterocycles. The Morgan fingerprint density at radius 1 is 0.967 bits per heavy atom. The quantitative estimate of drug-likeness (QED) is 0.236. The molecule has 1 fully saturated rings. The van der Waals surface area contributed by atoms with Crippen LogP contribution in [0.5, 0.6) is 0 Å². The molecule has 0 aromatic rings. The molecule has 1 aliphatic rings. The molecule has 4 unspecified atom stereocenters. The van der Waals surface area contributed by atoms with Crippen LogP contribution in [0.1, 0.15) is 72.6 Å². The first-order chi connectivity index (χ1) is 14.4. The molecular weight excluding hydrogens is 388 g/mol. The van der Waals surface area contributed by atoms with Crippen molar-refractivity contribution in [2.45, 2.75) is 85.0 Å². The summed E-state index contributed by atoms with van der Waals surface area (Å²) in [7, 11) is 0. The molecule has 1 aliphatic heterocycles. The average Bonchev–Trinajstić information content (AvgIpc) is 2.72. The molecule has 0 radical (unpaired) electrons. The molecule has 0 saturated carbocycles. The third kappa shape index (κ3) is 9.39. The van der Waals surface area contributed by atoms with Crippen molar-refractivity contribution >= 4 is 17.7 Å². The first kappa shape index (κ1) is 26.3. The third-order valence-electron chi connectivity index (χ3n) is 4.99. The van der Waals surface area contributed by atoms with E-state index in [2.05, 4.69) is 0 Å². The number of hydrogen-bond donors (Lipinski definition) is 0. The first-order valence-corrected chi connectivity index (χ1v) is 11.2. The molecule has 0 aromatic carbocycles. The van der Waals surface area contributed by atoms with Crippen molar-refractivity contribution in [3.8, 4) is 0 Å². The second kappa shape index (κ2) is 15.1. The van der Waals surface area contributed by atoms with Crippen LogP contribution in [-0.2, 0) is 33.3 Å². The van der Waals surface area contributed by atoms with Gasteiger partial charge in [-0.05, 0) is 65.7 Å². The third-order valence-corrected chi connectivity index (χ3v) is 4.99. The van der Waals surface area contributed by atoms with Crippen LogP contribution in [0.2, 0.25) is 0 Å². The van der Waals surface area contributed by atoms with Gasteiger partial charge in [-0.2, -0.15) is 0 Å². The highest BCUT2D eigenvalue weighted by atomic mass is 16.7. The normalized spacial score (nSPS) is 19.8. The molecule has 1 saturated heterocycles. The molecule has 7 nitrogen and oxygen atoms in total. The molecule has 172 valence electrons. The van der Waals surface area contributed by atoms with E-state index < -0.39 is 29.6 Å². The number of rotatable bonds is 14. The Balaban J connectivity index is 2.83. The largest absolute Gasteiger partial charge is 0.465 e. The Hall–Kier alpha value is -1.73. The fourth-order valence-electron chi connectivity index (χ4n) is 3.38. The van der Waals surface area contributed by atoms with Gasteiger partial charge in [0.2, 0.25) is 0 Å². The summed E-state index contributed by atoms with van der Waals surface area (Å²) in [6.07, 6.45) is 7.94. The van der Waals surface area contributed by atoms with E-state index in [9.17, 15) is 14.4 Å². The fraction of sp³-hybridized carbons (Fsp3) is 0.783. The summed E-state index contributed by atoms with van der Waals surface area (Å²) in [5.74, 6) is -3.68. The van der Waals surface area contributed by atoms with Crippen molar-refractivity contribution in [2.75, 3.05) is 19.8 Å². The summed E-state index contributed by atoms with van der Waals surface area (Å²) in [4.78, 5) is 38.1. The van der Waals surface area contributed by atoms with E-state index in [0.717, 1.165) is 25.7 Å². The Morgan fingerprint density at radius 2 is 1.63 bits per heavy atom. The van der Waals surface area contributed by atoms with Crippen LogP contribution in [-0.4, -0.2) is 49.9 Å². The standard InChI is InChI=1S/C23H38O7/c1-5-8-9-12-18(22(25)27-6-2)21(24)19(23(26)28-7-3)15-14-17(4)30-20-13-10-11-16-29-20/h8-9,17-20H,5-7,10-16H2,1-4H3/b9-8+. The summed E-state index contributed by atoms with van der Waals surface area (Å²) >= 11 is 0. The van der Waals surface area contributed by atoms with Crippen molar-refractivity contribution in [2.24, 2.45) is 11.8 Å². The molecular formula is C23H38O7. The number of Topliss-reactive ketones (excluding diaryl/α,β-unsaturated/α-hetero) is 1. The van der Waals surface area contributed by atoms with Crippen molar-refractivity contribution in [3.05, 3.63) is 12.2 Å². The minimum absolute atomic E-state index is 0.171. The molecule has 4 atom stereocenters. The summed E-state index contributed by atoms with van der Waals surface area (Å²) in [5.41, 5.74) is 0. The minimum Gasteiger partial charge on any atom is -0.465 e. The van der Waals surface area contributed by atoms with Crippen LogP contribution < -0.4 is 0 Å². The molecule has 0 amide bonds. The maximum atomic E-state index is 13.2. The van der Waals surface area contributed by atoms with E-state index in [1.54, 1.807) is 19.9 Å². The van der Waals surface area contributed by atoms with E-state index in [-0.39, 0.29) is 38.4 Å². The van der Waals surface area contributed by atoms with Crippen LogP contribution in [0.25, 0.3) is 0 Å². The van der Waals surface area contributed by atoms with Crippen LogP contribution in [0.3, 0.4) is 0 Å². The molecule has 0 spiro atoms. The smallest absolute Gasteiger partial charge is 0.316 e. The molecule has 0 aliphatic carbocycles. The Morgan fingerprint density at radius 3 is 2.20 bits per heavy atom. The van der Waals surface area contributed by atoms with E-state index in [4.69, 9.17) is 18.9 Å². The summed E-state index contributed by atoms with van der Waals surface area (Å²) in [5, 5.41) is 0. The summed E-state index contributed by atoms with van der Waals surface area (Å²) < 4.78 is 21.7. The lowest BCUT2D eigenvalue weighted by Crippen LogP contribution is -2.36. The zero-order chi connectivity index (χ0) is 22.4. The lowest BCUT2D eigenvalue weighted by Gasteiger charge is -2.27. The van der Waals surface area contributed by atoms with Gasteiger partial charge in [-0.15, -0.1) is 0 Å². The number of hydrogen-bond acceptors (Lipinski definition) is 7. The maximum absolute atomic E-state index is 13.2. The van der Waals surface area contributed by atoms with Crippen LogP contribution >= 0.6 is 0 Å². The zero-order valence-corrected chi connectivity index (χ0v) is 18.9.